The summed E-state index contributed by atoms with van der Waals surface area (Å²) in [4.78, 5) is 20.8. The van der Waals surface area contributed by atoms with Gasteiger partial charge in [0.1, 0.15) is 0 Å². The summed E-state index contributed by atoms with van der Waals surface area (Å²) >= 11 is 0. The molecule has 0 saturated heterocycles. The molecule has 0 heterocycles. The highest BCUT2D eigenvalue weighted by atomic mass is 16.4. The zero-order chi connectivity index (χ0) is 7.56. The predicted octanol–water partition coefficient (Wildman–Crippen LogP) is 0.606. The van der Waals surface area contributed by atoms with Crippen LogP contribution in [-0.2, 0) is 9.59 Å². The van der Waals surface area contributed by atoms with Crippen LogP contribution in [0.4, 0.5) is 0 Å². The smallest absolute Gasteiger partial charge is 0.310 e. The third-order valence-electron chi connectivity index (χ3n) is 1.53. The van der Waals surface area contributed by atoms with E-state index in [9.17, 15) is 9.59 Å². The lowest BCUT2D eigenvalue weighted by Gasteiger charge is -2.09. The van der Waals surface area contributed by atoms with Crippen LogP contribution in [0.25, 0.3) is 0 Å². The van der Waals surface area contributed by atoms with Gasteiger partial charge >= 0.3 is 5.97 Å². The van der Waals surface area contributed by atoms with Gasteiger partial charge in [-0.25, -0.2) is 0 Å². The minimum Gasteiger partial charge on any atom is -0.481 e. The van der Waals surface area contributed by atoms with Crippen molar-refractivity contribution < 1.29 is 14.7 Å². The van der Waals surface area contributed by atoms with E-state index in [1.54, 1.807) is 0 Å². The summed E-state index contributed by atoms with van der Waals surface area (Å²) in [6.45, 7) is 0. The fourth-order valence-electron chi connectivity index (χ4n) is 0.907. The Morgan fingerprint density at radius 2 is 2.40 bits per heavy atom. The molecule has 0 amide bonds. The third-order valence-corrected chi connectivity index (χ3v) is 1.53. The molecule has 0 fully saturated rings. The summed E-state index contributed by atoms with van der Waals surface area (Å²) in [6.07, 6.45) is 3.62. The molecule has 1 unspecified atom stereocenters. The van der Waals surface area contributed by atoms with Gasteiger partial charge in [-0.15, -0.1) is 0 Å². The van der Waals surface area contributed by atoms with Crippen molar-refractivity contribution in [3.8, 4) is 0 Å². The van der Waals surface area contributed by atoms with Gasteiger partial charge in [0, 0.05) is 6.42 Å². The maximum atomic E-state index is 10.6. The van der Waals surface area contributed by atoms with E-state index in [-0.39, 0.29) is 5.78 Å². The molecular formula is C7H8O3. The lowest BCUT2D eigenvalue weighted by molar-refractivity contribution is -0.140. The van der Waals surface area contributed by atoms with Crippen LogP contribution in [0, 0.1) is 5.92 Å². The summed E-state index contributed by atoms with van der Waals surface area (Å²) in [7, 11) is 0. The van der Waals surface area contributed by atoms with Crippen LogP contribution in [0.1, 0.15) is 12.8 Å². The minimum atomic E-state index is -0.844. The van der Waals surface area contributed by atoms with E-state index in [1.807, 2.05) is 0 Å². The Morgan fingerprint density at radius 1 is 1.70 bits per heavy atom. The Bertz CT molecular complexity index is 193. The molecule has 0 saturated carbocycles. The molecule has 1 atom stereocenters. The van der Waals surface area contributed by atoms with Crippen molar-refractivity contribution in [3.05, 3.63) is 12.2 Å². The number of hydrogen-bond donors (Lipinski definition) is 1. The summed E-state index contributed by atoms with van der Waals surface area (Å²) in [5, 5.41) is 8.46. The molecule has 1 N–H and O–H groups in total. The number of carboxylic acids is 1. The first-order chi connectivity index (χ1) is 4.70. The SMILES string of the molecule is O=C1C=CC(C(=O)O)CC1. The van der Waals surface area contributed by atoms with E-state index >= 15 is 0 Å². The van der Waals surface area contributed by atoms with Crippen LogP contribution in [0.15, 0.2) is 12.2 Å². The number of allylic oxidation sites excluding steroid dienone is 1. The Morgan fingerprint density at radius 3 is 2.80 bits per heavy atom. The van der Waals surface area contributed by atoms with Gasteiger partial charge < -0.3 is 5.11 Å². The molecule has 0 aromatic carbocycles. The van der Waals surface area contributed by atoms with Crippen molar-refractivity contribution in [3.63, 3.8) is 0 Å². The molecule has 0 spiro atoms. The first-order valence-electron chi connectivity index (χ1n) is 3.14. The van der Waals surface area contributed by atoms with Gasteiger partial charge in [0.15, 0.2) is 5.78 Å². The van der Waals surface area contributed by atoms with Gasteiger partial charge in [-0.2, -0.15) is 0 Å². The van der Waals surface area contributed by atoms with Crippen LogP contribution in [0.2, 0.25) is 0 Å². The molecule has 0 aromatic rings. The van der Waals surface area contributed by atoms with Crippen molar-refractivity contribution in [1.82, 2.24) is 0 Å². The van der Waals surface area contributed by atoms with Gasteiger partial charge in [0.2, 0.25) is 0 Å². The van der Waals surface area contributed by atoms with Gasteiger partial charge in [0.25, 0.3) is 0 Å². The second-order valence-corrected chi connectivity index (χ2v) is 2.31. The van der Waals surface area contributed by atoms with Crippen molar-refractivity contribution in [2.24, 2.45) is 5.92 Å². The topological polar surface area (TPSA) is 54.4 Å². The van der Waals surface area contributed by atoms with E-state index in [2.05, 4.69) is 0 Å². The normalized spacial score (nSPS) is 24.8. The number of carbonyl (C=O) groups excluding carboxylic acids is 1. The number of ketones is 1. The first kappa shape index (κ1) is 6.99. The second-order valence-electron chi connectivity index (χ2n) is 2.31. The van der Waals surface area contributed by atoms with Gasteiger partial charge in [-0.3, -0.25) is 9.59 Å². The summed E-state index contributed by atoms with van der Waals surface area (Å²) in [5.41, 5.74) is 0. The highest BCUT2D eigenvalue weighted by Gasteiger charge is 2.18. The zero-order valence-corrected chi connectivity index (χ0v) is 5.41. The maximum Gasteiger partial charge on any atom is 0.310 e. The molecule has 0 radical (unpaired) electrons. The Kier molecular flexibility index (Phi) is 1.85. The van der Waals surface area contributed by atoms with Gasteiger partial charge in [-0.1, -0.05) is 6.08 Å². The quantitative estimate of drug-likeness (QED) is 0.580. The number of aliphatic carboxylic acids is 1. The molecular weight excluding hydrogens is 132 g/mol. The van der Waals surface area contributed by atoms with Gasteiger partial charge in [0.05, 0.1) is 5.92 Å². The number of hydrogen-bond acceptors (Lipinski definition) is 2. The Balaban J connectivity index is 2.61. The van der Waals surface area contributed by atoms with Crippen molar-refractivity contribution in [1.29, 1.82) is 0 Å². The monoisotopic (exact) mass is 140 g/mol. The molecule has 0 aromatic heterocycles. The zero-order valence-electron chi connectivity index (χ0n) is 5.41. The standard InChI is InChI=1S/C7H8O3/c8-6-3-1-5(2-4-6)7(9)10/h1,3,5H,2,4H2,(H,9,10). The fraction of sp³-hybridized carbons (Fsp3) is 0.429. The Hall–Kier alpha value is -1.12. The van der Waals surface area contributed by atoms with E-state index in [0.717, 1.165) is 0 Å². The van der Waals surface area contributed by atoms with Crippen LogP contribution < -0.4 is 0 Å². The number of carboxylic acid groups (broad SMARTS) is 1. The molecule has 10 heavy (non-hydrogen) atoms. The second kappa shape index (κ2) is 2.64. The van der Waals surface area contributed by atoms with Crippen LogP contribution in [-0.4, -0.2) is 16.9 Å². The average molecular weight is 140 g/mol. The Labute approximate surface area is 58.4 Å². The molecule has 3 nitrogen and oxygen atoms in total. The maximum absolute atomic E-state index is 10.6. The van der Waals surface area contributed by atoms with E-state index in [4.69, 9.17) is 5.11 Å². The molecule has 54 valence electrons. The fourth-order valence-corrected chi connectivity index (χ4v) is 0.907. The van der Waals surface area contributed by atoms with E-state index in [1.165, 1.54) is 12.2 Å². The van der Waals surface area contributed by atoms with Crippen molar-refractivity contribution in [2.75, 3.05) is 0 Å². The average Bonchev–Trinajstić information content (AvgIpc) is 1.88. The largest absolute Gasteiger partial charge is 0.481 e. The third kappa shape index (κ3) is 1.43. The lowest BCUT2D eigenvalue weighted by Crippen LogP contribution is -2.16. The molecule has 3 heteroatoms. The van der Waals surface area contributed by atoms with Gasteiger partial charge in [-0.05, 0) is 12.5 Å². The molecule has 1 rings (SSSR count). The predicted molar refractivity (Wildman–Crippen MR) is 34.5 cm³/mol. The van der Waals surface area contributed by atoms with Crippen molar-refractivity contribution >= 4 is 11.8 Å². The van der Waals surface area contributed by atoms with E-state index < -0.39 is 11.9 Å². The molecule has 1 aliphatic rings. The summed E-state index contributed by atoms with van der Waals surface area (Å²) < 4.78 is 0. The number of carbonyl (C=O) groups is 2. The highest BCUT2D eigenvalue weighted by Crippen LogP contribution is 2.14. The molecule has 0 bridgehead atoms. The van der Waals surface area contributed by atoms with Crippen LogP contribution in [0.3, 0.4) is 0 Å². The summed E-state index contributed by atoms with van der Waals surface area (Å²) in [5.74, 6) is -1.26. The van der Waals surface area contributed by atoms with Crippen molar-refractivity contribution in [2.45, 2.75) is 12.8 Å². The lowest BCUT2D eigenvalue weighted by atomic mass is 9.96. The highest BCUT2D eigenvalue weighted by molar-refractivity contribution is 5.92. The van der Waals surface area contributed by atoms with E-state index in [0.29, 0.717) is 12.8 Å². The van der Waals surface area contributed by atoms with Crippen LogP contribution >= 0.6 is 0 Å². The van der Waals surface area contributed by atoms with Crippen LogP contribution in [0.5, 0.6) is 0 Å². The number of rotatable bonds is 1. The minimum absolute atomic E-state index is 0.0255. The first-order valence-corrected chi connectivity index (χ1v) is 3.14. The molecule has 1 aliphatic carbocycles. The summed E-state index contributed by atoms with van der Waals surface area (Å²) in [6, 6.07) is 0. The molecule has 0 aliphatic heterocycles.